The van der Waals surface area contributed by atoms with Crippen molar-refractivity contribution in [3.63, 3.8) is 0 Å². The number of carbonyl (C=O) groups is 2. The average molecular weight is 272 g/mol. The fraction of sp³-hybridized carbons (Fsp3) is 0.500. The van der Waals surface area contributed by atoms with E-state index in [4.69, 9.17) is 5.11 Å². The van der Waals surface area contributed by atoms with Crippen LogP contribution in [0, 0.1) is 13.8 Å². The van der Waals surface area contributed by atoms with Gasteiger partial charge in [0.15, 0.2) is 0 Å². The van der Waals surface area contributed by atoms with E-state index in [9.17, 15) is 9.59 Å². The third kappa shape index (κ3) is 2.30. The number of thiazole rings is 1. The van der Waals surface area contributed by atoms with E-state index >= 15 is 0 Å². The molecule has 2 rings (SSSR count). The number of aromatic nitrogens is 1. The molecule has 2 heterocycles. The number of nitrogens with zero attached hydrogens (tertiary/aromatic N) is 2. The van der Waals surface area contributed by atoms with E-state index in [0.29, 0.717) is 22.2 Å². The zero-order valence-electron chi connectivity index (χ0n) is 9.47. The molecule has 1 fully saturated rings. The topological polar surface area (TPSA) is 70.5 Å². The molecule has 1 saturated heterocycles. The van der Waals surface area contributed by atoms with Crippen molar-refractivity contribution >= 4 is 35.0 Å². The molecule has 0 spiro atoms. The van der Waals surface area contributed by atoms with Gasteiger partial charge in [-0.15, -0.1) is 23.1 Å². The van der Waals surface area contributed by atoms with Crippen LogP contribution in [0.3, 0.4) is 0 Å². The zero-order valence-corrected chi connectivity index (χ0v) is 11.1. The number of carbonyl (C=O) groups excluding carboxylic acids is 1. The smallest absolute Gasteiger partial charge is 0.327 e. The highest BCUT2D eigenvalue weighted by atomic mass is 32.2. The highest BCUT2D eigenvalue weighted by Crippen LogP contribution is 2.26. The maximum atomic E-state index is 12.2. The second kappa shape index (κ2) is 4.66. The van der Waals surface area contributed by atoms with Gasteiger partial charge < -0.3 is 10.0 Å². The Kier molecular flexibility index (Phi) is 3.39. The summed E-state index contributed by atoms with van der Waals surface area (Å²) in [4.78, 5) is 29.4. The molecule has 0 saturated carbocycles. The van der Waals surface area contributed by atoms with Crippen LogP contribution in [0.1, 0.15) is 20.4 Å². The Hall–Kier alpha value is -1.08. The maximum Gasteiger partial charge on any atom is 0.327 e. The predicted octanol–water partition coefficient (Wildman–Crippen LogP) is 1.36. The van der Waals surface area contributed by atoms with Crippen molar-refractivity contribution in [2.24, 2.45) is 0 Å². The summed E-state index contributed by atoms with van der Waals surface area (Å²) >= 11 is 2.78. The van der Waals surface area contributed by atoms with Gasteiger partial charge in [-0.25, -0.2) is 9.78 Å². The number of amides is 1. The molecule has 1 N–H and O–H groups in total. The number of thioether (sulfide) groups is 1. The van der Waals surface area contributed by atoms with Crippen molar-refractivity contribution in [3.8, 4) is 0 Å². The Morgan fingerprint density at radius 2 is 2.18 bits per heavy atom. The molecule has 1 aliphatic rings. The van der Waals surface area contributed by atoms with Gasteiger partial charge in [-0.3, -0.25) is 4.79 Å². The Balaban J connectivity index is 2.25. The largest absolute Gasteiger partial charge is 0.480 e. The van der Waals surface area contributed by atoms with E-state index < -0.39 is 12.0 Å². The molecule has 1 atom stereocenters. The van der Waals surface area contributed by atoms with E-state index in [-0.39, 0.29) is 5.91 Å². The zero-order chi connectivity index (χ0) is 12.6. The second-order valence-corrected chi connectivity index (χ2v) is 5.98. The quantitative estimate of drug-likeness (QED) is 0.880. The van der Waals surface area contributed by atoms with Gasteiger partial charge in [0, 0.05) is 5.75 Å². The molecule has 0 radical (unpaired) electrons. The lowest BCUT2D eigenvalue weighted by molar-refractivity contribution is -0.140. The summed E-state index contributed by atoms with van der Waals surface area (Å²) in [7, 11) is 0. The van der Waals surface area contributed by atoms with Crippen molar-refractivity contribution in [3.05, 3.63) is 15.6 Å². The van der Waals surface area contributed by atoms with Crippen molar-refractivity contribution < 1.29 is 14.7 Å². The lowest BCUT2D eigenvalue weighted by Gasteiger charge is -2.19. The molecule has 7 heteroatoms. The van der Waals surface area contributed by atoms with Crippen molar-refractivity contribution in [2.75, 3.05) is 11.6 Å². The number of hydrogen-bond donors (Lipinski definition) is 1. The fourth-order valence-corrected chi connectivity index (χ4v) is 3.73. The molecule has 5 nitrogen and oxygen atoms in total. The lowest BCUT2D eigenvalue weighted by atomic mass is 10.2. The summed E-state index contributed by atoms with van der Waals surface area (Å²) in [5, 5.41) is 9.86. The molecule has 1 aromatic rings. The predicted molar refractivity (Wildman–Crippen MR) is 66.5 cm³/mol. The minimum atomic E-state index is -0.942. The SMILES string of the molecule is Cc1nc(C)c(C(=O)N2CSC[C@H]2C(=O)O)s1. The molecule has 0 aliphatic carbocycles. The van der Waals surface area contributed by atoms with Gasteiger partial charge in [-0.05, 0) is 13.8 Å². The normalized spacial score (nSPS) is 19.6. The molecule has 92 valence electrons. The summed E-state index contributed by atoms with van der Waals surface area (Å²) in [6.45, 7) is 3.61. The van der Waals surface area contributed by atoms with Gasteiger partial charge in [0.1, 0.15) is 10.9 Å². The summed E-state index contributed by atoms with van der Waals surface area (Å²) < 4.78 is 0. The summed E-state index contributed by atoms with van der Waals surface area (Å²) in [6, 6.07) is -0.714. The van der Waals surface area contributed by atoms with Crippen LogP contribution in [0.15, 0.2) is 0 Å². The third-order valence-electron chi connectivity index (χ3n) is 2.53. The summed E-state index contributed by atoms with van der Waals surface area (Å²) in [6.07, 6.45) is 0. The Morgan fingerprint density at radius 1 is 1.47 bits per heavy atom. The lowest BCUT2D eigenvalue weighted by Crippen LogP contribution is -2.41. The first-order valence-electron chi connectivity index (χ1n) is 5.06. The van der Waals surface area contributed by atoms with Crippen LogP contribution in [0.25, 0.3) is 0 Å². The fourth-order valence-electron chi connectivity index (χ4n) is 1.71. The monoisotopic (exact) mass is 272 g/mol. The number of carboxylic acids is 1. The van der Waals surface area contributed by atoms with Crippen LogP contribution < -0.4 is 0 Å². The first-order chi connectivity index (χ1) is 8.00. The first-order valence-corrected chi connectivity index (χ1v) is 7.03. The van der Waals surface area contributed by atoms with Gasteiger partial charge in [0.25, 0.3) is 5.91 Å². The van der Waals surface area contributed by atoms with E-state index in [1.165, 1.54) is 28.0 Å². The molecule has 1 aliphatic heterocycles. The van der Waals surface area contributed by atoms with E-state index in [1.807, 2.05) is 6.92 Å². The van der Waals surface area contributed by atoms with Crippen LogP contribution >= 0.6 is 23.1 Å². The van der Waals surface area contributed by atoms with E-state index in [0.717, 1.165) is 5.01 Å². The molecule has 0 bridgehead atoms. The van der Waals surface area contributed by atoms with Crippen molar-refractivity contribution in [1.82, 2.24) is 9.88 Å². The van der Waals surface area contributed by atoms with Crippen LogP contribution in [-0.4, -0.2) is 44.5 Å². The summed E-state index contributed by atoms with van der Waals surface area (Å²) in [5.74, 6) is -0.267. The second-order valence-electron chi connectivity index (χ2n) is 3.78. The molecule has 0 aromatic carbocycles. The maximum absolute atomic E-state index is 12.2. The number of carboxylic acid groups (broad SMARTS) is 1. The van der Waals surface area contributed by atoms with Crippen LogP contribution in [0.2, 0.25) is 0 Å². The molecule has 0 unspecified atom stereocenters. The molecule has 1 amide bonds. The van der Waals surface area contributed by atoms with Crippen LogP contribution in [-0.2, 0) is 4.79 Å². The Morgan fingerprint density at radius 3 is 2.71 bits per heavy atom. The number of aliphatic carboxylic acids is 1. The first kappa shape index (κ1) is 12.4. The molecule has 1 aromatic heterocycles. The Bertz CT molecular complexity index is 472. The average Bonchev–Trinajstić information content (AvgIpc) is 2.83. The van der Waals surface area contributed by atoms with Crippen LogP contribution in [0.4, 0.5) is 0 Å². The van der Waals surface area contributed by atoms with E-state index in [2.05, 4.69) is 4.98 Å². The van der Waals surface area contributed by atoms with Crippen LogP contribution in [0.5, 0.6) is 0 Å². The van der Waals surface area contributed by atoms with Gasteiger partial charge in [0.05, 0.1) is 16.6 Å². The minimum absolute atomic E-state index is 0.217. The molecular weight excluding hydrogens is 260 g/mol. The highest BCUT2D eigenvalue weighted by molar-refractivity contribution is 7.99. The highest BCUT2D eigenvalue weighted by Gasteiger charge is 2.36. The van der Waals surface area contributed by atoms with Gasteiger partial charge >= 0.3 is 5.97 Å². The van der Waals surface area contributed by atoms with Gasteiger partial charge in [-0.1, -0.05) is 0 Å². The molecule has 17 heavy (non-hydrogen) atoms. The van der Waals surface area contributed by atoms with Gasteiger partial charge in [-0.2, -0.15) is 0 Å². The minimum Gasteiger partial charge on any atom is -0.480 e. The van der Waals surface area contributed by atoms with Crippen molar-refractivity contribution in [1.29, 1.82) is 0 Å². The third-order valence-corrected chi connectivity index (χ3v) is 4.60. The Labute approximate surface area is 107 Å². The van der Waals surface area contributed by atoms with Gasteiger partial charge in [0.2, 0.25) is 0 Å². The van der Waals surface area contributed by atoms with Crippen molar-refractivity contribution in [2.45, 2.75) is 19.9 Å². The number of rotatable bonds is 2. The number of hydrogen-bond acceptors (Lipinski definition) is 5. The van der Waals surface area contributed by atoms with E-state index in [1.54, 1.807) is 6.92 Å². The summed E-state index contributed by atoms with van der Waals surface area (Å²) in [5.41, 5.74) is 0.679. The number of aryl methyl sites for hydroxylation is 2. The standard InChI is InChI=1S/C10H12N2O3S2/c1-5-8(17-6(2)11-5)9(13)12-4-16-3-7(12)10(14)15/h7H,3-4H2,1-2H3,(H,14,15)/t7-/m0/s1. The molecular formula is C10H12N2O3S2.